The number of benzene rings is 2. The molecule has 0 aliphatic carbocycles. The Hall–Kier alpha value is -2.38. The number of amides is 1. The fourth-order valence-electron chi connectivity index (χ4n) is 3.45. The number of anilines is 1. The van der Waals surface area contributed by atoms with E-state index in [0.717, 1.165) is 18.6 Å². The van der Waals surface area contributed by atoms with Crippen molar-refractivity contribution in [1.29, 1.82) is 0 Å². The first-order chi connectivity index (χ1) is 13.5. The number of carbonyl (C=O) groups is 1. The van der Waals surface area contributed by atoms with Gasteiger partial charge in [0.2, 0.25) is 15.9 Å². The van der Waals surface area contributed by atoms with Crippen LogP contribution in [0.5, 0.6) is 5.75 Å². The first-order valence-corrected chi connectivity index (χ1v) is 11.0. The molecule has 0 bridgehead atoms. The van der Waals surface area contributed by atoms with E-state index in [0.29, 0.717) is 25.3 Å². The highest BCUT2D eigenvalue weighted by atomic mass is 32.2. The largest absolute Gasteiger partial charge is 0.494 e. The first kappa shape index (κ1) is 20.4. The molecule has 0 aromatic heterocycles. The zero-order valence-corrected chi connectivity index (χ0v) is 16.8. The van der Waals surface area contributed by atoms with E-state index < -0.39 is 10.0 Å². The molecule has 6 nitrogen and oxygen atoms in total. The third-order valence-corrected chi connectivity index (χ3v) is 6.76. The van der Waals surface area contributed by atoms with E-state index in [1.54, 1.807) is 54.6 Å². The van der Waals surface area contributed by atoms with Crippen LogP contribution in [0.1, 0.15) is 32.6 Å². The fraction of sp³-hybridized carbons (Fsp3) is 0.381. The van der Waals surface area contributed by atoms with Gasteiger partial charge >= 0.3 is 0 Å². The summed E-state index contributed by atoms with van der Waals surface area (Å²) in [7, 11) is -3.60. The Morgan fingerprint density at radius 2 is 1.82 bits per heavy atom. The van der Waals surface area contributed by atoms with Crippen LogP contribution in [-0.4, -0.2) is 37.8 Å². The number of piperidine rings is 1. The number of sulfonamides is 1. The number of carbonyl (C=O) groups excluding carboxylic acids is 1. The van der Waals surface area contributed by atoms with Gasteiger partial charge in [-0.1, -0.05) is 24.6 Å². The highest BCUT2D eigenvalue weighted by Gasteiger charge is 2.34. The molecule has 1 aliphatic rings. The van der Waals surface area contributed by atoms with Gasteiger partial charge in [-0.05, 0) is 56.2 Å². The Kier molecular flexibility index (Phi) is 6.70. The minimum atomic E-state index is -3.60. The van der Waals surface area contributed by atoms with Gasteiger partial charge in [0.1, 0.15) is 5.75 Å². The summed E-state index contributed by atoms with van der Waals surface area (Å²) in [5.74, 6) is 0.553. The van der Waals surface area contributed by atoms with Gasteiger partial charge in [0, 0.05) is 24.7 Å². The Labute approximate surface area is 166 Å². The number of rotatable bonds is 7. The summed E-state index contributed by atoms with van der Waals surface area (Å²) in [6, 6.07) is 15.2. The average molecular weight is 403 g/mol. The van der Waals surface area contributed by atoms with Crippen molar-refractivity contribution in [3.63, 3.8) is 0 Å². The maximum Gasteiger partial charge on any atom is 0.243 e. The minimum Gasteiger partial charge on any atom is -0.494 e. The van der Waals surface area contributed by atoms with Gasteiger partial charge in [0.15, 0.2) is 0 Å². The standard InChI is InChI=1S/C21H26N2O4S/c1-2-27-19-13-11-17(12-14-19)22-21(24)16-18-8-6-7-15-23(18)28(25,26)20-9-4-3-5-10-20/h3-5,9-14,18H,2,6-8,15-16H2,1H3,(H,22,24)/t18-/m0/s1. The monoisotopic (exact) mass is 402 g/mol. The zero-order valence-electron chi connectivity index (χ0n) is 16.0. The lowest BCUT2D eigenvalue weighted by atomic mass is 10.0. The summed E-state index contributed by atoms with van der Waals surface area (Å²) in [5.41, 5.74) is 0.668. The third kappa shape index (κ3) is 4.91. The Morgan fingerprint density at radius 3 is 2.50 bits per heavy atom. The molecule has 1 amide bonds. The van der Waals surface area contributed by atoms with Gasteiger partial charge in [0.25, 0.3) is 0 Å². The van der Waals surface area contributed by atoms with Gasteiger partial charge in [-0.2, -0.15) is 4.31 Å². The number of ether oxygens (including phenoxy) is 1. The van der Waals surface area contributed by atoms with Crippen LogP contribution in [0.25, 0.3) is 0 Å². The molecule has 7 heteroatoms. The maximum absolute atomic E-state index is 13.0. The second-order valence-electron chi connectivity index (χ2n) is 6.79. The first-order valence-electron chi connectivity index (χ1n) is 9.60. The van der Waals surface area contributed by atoms with Crippen molar-refractivity contribution in [3.8, 4) is 5.75 Å². The van der Waals surface area contributed by atoms with Crippen LogP contribution in [0.3, 0.4) is 0 Å². The van der Waals surface area contributed by atoms with Gasteiger partial charge < -0.3 is 10.1 Å². The van der Waals surface area contributed by atoms with Crippen molar-refractivity contribution < 1.29 is 17.9 Å². The van der Waals surface area contributed by atoms with Crippen molar-refractivity contribution in [2.45, 2.75) is 43.5 Å². The molecule has 0 spiro atoms. The SMILES string of the molecule is CCOc1ccc(NC(=O)C[C@@H]2CCCCN2S(=O)(=O)c2ccccc2)cc1. The molecule has 1 saturated heterocycles. The number of nitrogens with zero attached hydrogens (tertiary/aromatic N) is 1. The number of hydrogen-bond acceptors (Lipinski definition) is 4. The van der Waals surface area contributed by atoms with E-state index in [1.165, 1.54) is 4.31 Å². The van der Waals surface area contributed by atoms with E-state index in [2.05, 4.69) is 5.32 Å². The highest BCUT2D eigenvalue weighted by molar-refractivity contribution is 7.89. The second kappa shape index (κ2) is 9.21. The molecule has 2 aromatic rings. The number of hydrogen-bond donors (Lipinski definition) is 1. The van der Waals surface area contributed by atoms with Crippen molar-refractivity contribution in [2.75, 3.05) is 18.5 Å². The van der Waals surface area contributed by atoms with E-state index in [-0.39, 0.29) is 23.3 Å². The quantitative estimate of drug-likeness (QED) is 0.767. The number of nitrogens with one attached hydrogen (secondary N) is 1. The summed E-state index contributed by atoms with van der Waals surface area (Å²) in [5, 5.41) is 2.85. The smallest absolute Gasteiger partial charge is 0.243 e. The summed E-state index contributed by atoms with van der Waals surface area (Å²) >= 11 is 0. The normalized spacial score (nSPS) is 17.8. The lowest BCUT2D eigenvalue weighted by Gasteiger charge is -2.34. The maximum atomic E-state index is 13.0. The molecular formula is C21H26N2O4S. The van der Waals surface area contributed by atoms with Crippen LogP contribution in [0.15, 0.2) is 59.5 Å². The van der Waals surface area contributed by atoms with E-state index in [9.17, 15) is 13.2 Å². The van der Waals surface area contributed by atoms with E-state index >= 15 is 0 Å². The molecule has 0 saturated carbocycles. The highest BCUT2D eigenvalue weighted by Crippen LogP contribution is 2.27. The molecule has 3 rings (SSSR count). The summed E-state index contributed by atoms with van der Waals surface area (Å²) in [4.78, 5) is 12.8. The second-order valence-corrected chi connectivity index (χ2v) is 8.68. The molecule has 1 aliphatic heterocycles. The van der Waals surface area contributed by atoms with Crippen molar-refractivity contribution in [1.82, 2.24) is 4.31 Å². The lowest BCUT2D eigenvalue weighted by Crippen LogP contribution is -2.45. The van der Waals surface area contributed by atoms with Crippen LogP contribution >= 0.6 is 0 Å². The van der Waals surface area contributed by atoms with Gasteiger partial charge in [-0.15, -0.1) is 0 Å². The zero-order chi connectivity index (χ0) is 20.0. The summed E-state index contributed by atoms with van der Waals surface area (Å²) in [6.07, 6.45) is 2.55. The minimum absolute atomic E-state index is 0.138. The predicted molar refractivity (Wildman–Crippen MR) is 109 cm³/mol. The molecule has 1 heterocycles. The molecular weight excluding hydrogens is 376 g/mol. The van der Waals surface area contributed by atoms with Crippen molar-refractivity contribution >= 4 is 21.6 Å². The predicted octanol–water partition coefficient (Wildman–Crippen LogP) is 3.66. The van der Waals surface area contributed by atoms with Crippen molar-refractivity contribution in [2.24, 2.45) is 0 Å². The van der Waals surface area contributed by atoms with Crippen LogP contribution < -0.4 is 10.1 Å². The molecule has 28 heavy (non-hydrogen) atoms. The average Bonchev–Trinajstić information content (AvgIpc) is 2.70. The molecule has 0 unspecified atom stereocenters. The van der Waals surface area contributed by atoms with Crippen LogP contribution in [-0.2, 0) is 14.8 Å². The third-order valence-electron chi connectivity index (χ3n) is 4.79. The Balaban J connectivity index is 1.68. The molecule has 0 radical (unpaired) electrons. The van der Waals surface area contributed by atoms with Gasteiger partial charge in [-0.25, -0.2) is 8.42 Å². The summed E-state index contributed by atoms with van der Waals surface area (Å²) < 4.78 is 32.9. The molecule has 2 aromatic carbocycles. The Bertz CT molecular complexity index is 882. The topological polar surface area (TPSA) is 75.7 Å². The summed E-state index contributed by atoms with van der Waals surface area (Å²) in [6.45, 7) is 2.94. The van der Waals surface area contributed by atoms with Crippen LogP contribution in [0.2, 0.25) is 0 Å². The van der Waals surface area contributed by atoms with Crippen LogP contribution in [0.4, 0.5) is 5.69 Å². The van der Waals surface area contributed by atoms with Gasteiger partial charge in [-0.3, -0.25) is 4.79 Å². The van der Waals surface area contributed by atoms with Gasteiger partial charge in [0.05, 0.1) is 11.5 Å². The lowest BCUT2D eigenvalue weighted by molar-refractivity contribution is -0.117. The molecule has 1 N–H and O–H groups in total. The molecule has 1 atom stereocenters. The molecule has 1 fully saturated rings. The van der Waals surface area contributed by atoms with Crippen LogP contribution in [0, 0.1) is 0 Å². The van der Waals surface area contributed by atoms with E-state index in [4.69, 9.17) is 4.74 Å². The van der Waals surface area contributed by atoms with Crippen molar-refractivity contribution in [3.05, 3.63) is 54.6 Å². The molecule has 150 valence electrons. The fourth-order valence-corrected chi connectivity index (χ4v) is 5.16. The Morgan fingerprint density at radius 1 is 1.11 bits per heavy atom. The van der Waals surface area contributed by atoms with E-state index in [1.807, 2.05) is 6.92 Å².